The molecule has 1 aromatic heterocycles. The number of rotatable bonds is 5. The molecule has 0 aliphatic carbocycles. The minimum absolute atomic E-state index is 0.133. The average Bonchev–Trinajstić information content (AvgIpc) is 2.69. The summed E-state index contributed by atoms with van der Waals surface area (Å²) in [5.41, 5.74) is 0.912. The van der Waals surface area contributed by atoms with Gasteiger partial charge in [-0.15, -0.1) is 0 Å². The van der Waals surface area contributed by atoms with E-state index >= 15 is 0 Å². The highest BCUT2D eigenvalue weighted by molar-refractivity contribution is 7.89. The third-order valence-electron chi connectivity index (χ3n) is 4.56. The molecule has 1 amide bonds. The van der Waals surface area contributed by atoms with Gasteiger partial charge in [-0.05, 0) is 42.9 Å². The monoisotopic (exact) mass is 392 g/mol. The van der Waals surface area contributed by atoms with Crippen molar-refractivity contribution in [2.45, 2.75) is 11.4 Å². The molecule has 1 saturated heterocycles. The smallest absolute Gasteiger partial charge is 0.256 e. The van der Waals surface area contributed by atoms with Gasteiger partial charge in [0.15, 0.2) is 0 Å². The Hall–Kier alpha value is -2.36. The highest BCUT2D eigenvalue weighted by Crippen LogP contribution is 2.18. The molecule has 3 rings (SSSR count). The summed E-state index contributed by atoms with van der Waals surface area (Å²) in [6.45, 7) is 2.97. The molecule has 2 aromatic rings. The number of benzene rings is 1. The molecule has 2 heterocycles. The lowest BCUT2D eigenvalue weighted by Crippen LogP contribution is -2.48. The Morgan fingerprint density at radius 1 is 1.15 bits per heavy atom. The number of hydrogen-bond acceptors (Lipinski definition) is 5. The van der Waals surface area contributed by atoms with Crippen molar-refractivity contribution < 1.29 is 17.6 Å². The third-order valence-corrected chi connectivity index (χ3v) is 5.97. The van der Waals surface area contributed by atoms with E-state index in [2.05, 4.69) is 14.6 Å². The van der Waals surface area contributed by atoms with Crippen LogP contribution in [0.4, 0.5) is 4.39 Å². The number of nitrogens with zero attached hydrogens (tertiary/aromatic N) is 3. The molecule has 0 radical (unpaired) electrons. The minimum atomic E-state index is -3.75. The molecule has 1 aromatic carbocycles. The number of hydrogen-bond donors (Lipinski definition) is 1. The normalized spacial score (nSPS) is 15.7. The molecule has 0 atom stereocenters. The zero-order valence-corrected chi connectivity index (χ0v) is 15.7. The Balaban J connectivity index is 1.68. The van der Waals surface area contributed by atoms with Crippen LogP contribution in [0.2, 0.25) is 0 Å². The van der Waals surface area contributed by atoms with E-state index in [1.807, 2.05) is 12.1 Å². The summed E-state index contributed by atoms with van der Waals surface area (Å²) in [5, 5.41) is 0. The number of pyridine rings is 1. The van der Waals surface area contributed by atoms with Crippen molar-refractivity contribution in [2.24, 2.45) is 0 Å². The second kappa shape index (κ2) is 8.12. The lowest BCUT2D eigenvalue weighted by Gasteiger charge is -2.34. The first-order valence-corrected chi connectivity index (χ1v) is 10.0. The molecule has 0 unspecified atom stereocenters. The maximum Gasteiger partial charge on any atom is 0.256 e. The average molecular weight is 392 g/mol. The zero-order valence-electron chi connectivity index (χ0n) is 14.9. The van der Waals surface area contributed by atoms with E-state index in [0.29, 0.717) is 26.2 Å². The largest absolute Gasteiger partial charge is 0.336 e. The number of nitrogens with one attached hydrogen (secondary N) is 1. The maximum absolute atomic E-state index is 14.2. The SMILES string of the molecule is CNS(=O)(=O)c1ccc(F)c(C(=O)N2CCN(Cc3ccncc3)CC2)c1. The Labute approximate surface area is 157 Å². The minimum Gasteiger partial charge on any atom is -0.336 e. The zero-order chi connectivity index (χ0) is 19.4. The molecule has 1 N–H and O–H groups in total. The summed E-state index contributed by atoms with van der Waals surface area (Å²) in [4.78, 5) is 20.3. The van der Waals surface area contributed by atoms with Crippen LogP contribution in [-0.4, -0.2) is 62.3 Å². The van der Waals surface area contributed by atoms with E-state index in [0.717, 1.165) is 30.3 Å². The third kappa shape index (κ3) is 4.49. The molecule has 144 valence electrons. The summed E-state index contributed by atoms with van der Waals surface area (Å²) in [5.74, 6) is -1.22. The first-order chi connectivity index (χ1) is 12.9. The fourth-order valence-electron chi connectivity index (χ4n) is 2.98. The summed E-state index contributed by atoms with van der Waals surface area (Å²) < 4.78 is 40.1. The number of carbonyl (C=O) groups is 1. The van der Waals surface area contributed by atoms with E-state index in [1.165, 1.54) is 7.05 Å². The van der Waals surface area contributed by atoms with E-state index in [1.54, 1.807) is 17.3 Å². The number of sulfonamides is 1. The lowest BCUT2D eigenvalue weighted by atomic mass is 10.1. The quantitative estimate of drug-likeness (QED) is 0.824. The summed E-state index contributed by atoms with van der Waals surface area (Å²) in [6.07, 6.45) is 3.48. The highest BCUT2D eigenvalue weighted by atomic mass is 32.2. The van der Waals surface area contributed by atoms with Crippen LogP contribution >= 0.6 is 0 Å². The summed E-state index contributed by atoms with van der Waals surface area (Å²) in [7, 11) is -2.48. The molecule has 1 aliphatic rings. The van der Waals surface area contributed by atoms with E-state index in [9.17, 15) is 17.6 Å². The van der Waals surface area contributed by atoms with E-state index in [-0.39, 0.29) is 10.5 Å². The van der Waals surface area contributed by atoms with Crippen LogP contribution in [0.1, 0.15) is 15.9 Å². The fraction of sp³-hybridized carbons (Fsp3) is 0.333. The maximum atomic E-state index is 14.2. The number of aromatic nitrogens is 1. The standard InChI is InChI=1S/C18H21FN4O3S/c1-20-27(25,26)15-2-3-17(19)16(12-15)18(24)23-10-8-22(9-11-23)13-14-4-6-21-7-5-14/h2-7,12,20H,8-11,13H2,1H3. The first-order valence-electron chi connectivity index (χ1n) is 8.54. The van der Waals surface area contributed by atoms with Crippen LogP contribution in [-0.2, 0) is 16.6 Å². The Morgan fingerprint density at radius 3 is 2.44 bits per heavy atom. The van der Waals surface area contributed by atoms with Gasteiger partial charge in [-0.1, -0.05) is 0 Å². The van der Waals surface area contributed by atoms with Crippen LogP contribution in [0.15, 0.2) is 47.6 Å². The van der Waals surface area contributed by atoms with Gasteiger partial charge in [-0.3, -0.25) is 14.7 Å². The van der Waals surface area contributed by atoms with Crippen LogP contribution < -0.4 is 4.72 Å². The van der Waals surface area contributed by atoms with Crippen molar-refractivity contribution in [1.82, 2.24) is 19.5 Å². The van der Waals surface area contributed by atoms with E-state index in [4.69, 9.17) is 0 Å². The first kappa shape index (κ1) is 19.4. The summed E-state index contributed by atoms with van der Waals surface area (Å²) >= 11 is 0. The summed E-state index contributed by atoms with van der Waals surface area (Å²) in [6, 6.07) is 7.13. The second-order valence-electron chi connectivity index (χ2n) is 6.27. The van der Waals surface area contributed by atoms with Crippen molar-refractivity contribution in [2.75, 3.05) is 33.2 Å². The number of amides is 1. The Morgan fingerprint density at radius 2 is 1.81 bits per heavy atom. The van der Waals surface area contributed by atoms with Crippen molar-refractivity contribution in [1.29, 1.82) is 0 Å². The Kier molecular flexibility index (Phi) is 5.83. The molecule has 1 fully saturated rings. The van der Waals surface area contributed by atoms with Crippen molar-refractivity contribution in [3.05, 3.63) is 59.7 Å². The fourth-order valence-corrected chi connectivity index (χ4v) is 3.73. The highest BCUT2D eigenvalue weighted by Gasteiger charge is 2.25. The van der Waals surface area contributed by atoms with E-state index < -0.39 is 21.7 Å². The molecule has 0 saturated carbocycles. The predicted octanol–water partition coefficient (Wildman–Crippen LogP) is 1.09. The van der Waals surface area contributed by atoms with Crippen molar-refractivity contribution in [3.63, 3.8) is 0 Å². The molecule has 0 spiro atoms. The van der Waals surface area contributed by atoms with Gasteiger partial charge in [0.25, 0.3) is 5.91 Å². The molecule has 7 nitrogen and oxygen atoms in total. The van der Waals surface area contributed by atoms with Gasteiger partial charge in [0.05, 0.1) is 10.5 Å². The van der Waals surface area contributed by atoms with Crippen LogP contribution in [0.3, 0.4) is 0 Å². The van der Waals surface area contributed by atoms with Crippen molar-refractivity contribution in [3.8, 4) is 0 Å². The molecule has 1 aliphatic heterocycles. The van der Waals surface area contributed by atoms with Gasteiger partial charge in [0, 0.05) is 45.1 Å². The van der Waals surface area contributed by atoms with Crippen LogP contribution in [0.5, 0.6) is 0 Å². The van der Waals surface area contributed by atoms with Gasteiger partial charge in [0.2, 0.25) is 10.0 Å². The molecular formula is C18H21FN4O3S. The van der Waals surface area contributed by atoms with Gasteiger partial charge in [-0.2, -0.15) is 0 Å². The topological polar surface area (TPSA) is 82.6 Å². The van der Waals surface area contributed by atoms with Gasteiger partial charge in [0.1, 0.15) is 5.82 Å². The van der Waals surface area contributed by atoms with Gasteiger partial charge >= 0.3 is 0 Å². The van der Waals surface area contributed by atoms with Crippen LogP contribution in [0.25, 0.3) is 0 Å². The molecule has 27 heavy (non-hydrogen) atoms. The van der Waals surface area contributed by atoms with Crippen LogP contribution in [0, 0.1) is 5.82 Å². The van der Waals surface area contributed by atoms with Crippen molar-refractivity contribution >= 4 is 15.9 Å². The molecule has 0 bridgehead atoms. The van der Waals surface area contributed by atoms with Gasteiger partial charge in [-0.25, -0.2) is 17.5 Å². The number of piperazine rings is 1. The van der Waals surface area contributed by atoms with Gasteiger partial charge < -0.3 is 4.90 Å². The molecule has 9 heteroatoms. The number of carbonyl (C=O) groups excluding carboxylic acids is 1. The lowest BCUT2D eigenvalue weighted by molar-refractivity contribution is 0.0623. The Bertz CT molecular complexity index is 913. The number of halogens is 1. The second-order valence-corrected chi connectivity index (χ2v) is 8.16. The molecular weight excluding hydrogens is 371 g/mol. The predicted molar refractivity (Wildman–Crippen MR) is 98.1 cm³/mol.